The third-order valence-corrected chi connectivity index (χ3v) is 4.35. The van der Waals surface area contributed by atoms with E-state index in [0.717, 1.165) is 6.42 Å². The van der Waals surface area contributed by atoms with Crippen LogP contribution in [0.3, 0.4) is 0 Å². The van der Waals surface area contributed by atoms with Crippen molar-refractivity contribution in [1.29, 1.82) is 0 Å². The zero-order valence-electron chi connectivity index (χ0n) is 14.4. The Morgan fingerprint density at radius 1 is 0.375 bits per heavy atom. The maximum atomic E-state index is 3.89. The summed E-state index contributed by atoms with van der Waals surface area (Å²) in [6, 6.07) is 0. The van der Waals surface area contributed by atoms with Crippen LogP contribution in [0.25, 0.3) is 0 Å². The average molecular weight is 442 g/mol. The van der Waals surface area contributed by atoms with Gasteiger partial charge in [0.1, 0.15) is 0 Å². The van der Waals surface area contributed by atoms with E-state index < -0.39 is 0 Å². The fourth-order valence-corrected chi connectivity index (χ4v) is 2.90. The molecule has 0 unspecified atom stereocenters. The summed E-state index contributed by atoms with van der Waals surface area (Å²) in [5, 5.41) is 0. The monoisotopic (exact) mass is 441 g/mol. The second kappa shape index (κ2) is 40.0. The van der Waals surface area contributed by atoms with Gasteiger partial charge in [-0.05, 0) is 0 Å². The van der Waals surface area contributed by atoms with Crippen molar-refractivity contribution >= 4 is 206 Å². The van der Waals surface area contributed by atoms with Crippen LogP contribution < -0.4 is 0 Å². The Morgan fingerprint density at radius 2 is 0.583 bits per heavy atom. The third kappa shape index (κ3) is 39.1. The summed E-state index contributed by atoms with van der Waals surface area (Å²) in [5.41, 5.74) is 0. The van der Waals surface area contributed by atoms with Crippen molar-refractivity contribution in [3.63, 3.8) is 0 Å². The third-order valence-electron chi connectivity index (χ3n) is 4.35. The molecule has 0 saturated carbocycles. The van der Waals surface area contributed by atoms with Crippen LogP contribution in [0, 0.1) is 6.92 Å². The molecule has 0 rings (SSSR count). The van der Waals surface area contributed by atoms with E-state index in [-0.39, 0.29) is 206 Å². The fraction of sp³-hybridized carbons (Fsp3) is 0.950. The second-order valence-corrected chi connectivity index (χ2v) is 6.51. The normalized spacial score (nSPS) is 9.25. The van der Waals surface area contributed by atoms with Gasteiger partial charge in [-0.1, -0.05) is 129 Å². The van der Waals surface area contributed by atoms with Crippen LogP contribution >= 0.6 is 0 Å². The molecule has 129 valence electrons. The minimum absolute atomic E-state index is 0. The van der Waals surface area contributed by atoms with E-state index in [1.54, 1.807) is 0 Å². The standard InChI is InChI=1S/C20H41.4K.4H/c1-3-5-7-9-11-13-15-17-19-20-18-16-14-12-10-8-6-4-2;;;;;;;;/h1,3-20H2,2H3;;;;;;;;. The second-order valence-electron chi connectivity index (χ2n) is 6.51. The average Bonchev–Trinajstić information content (AvgIpc) is 2.47. The molecule has 0 aliphatic rings. The first-order valence-corrected chi connectivity index (χ1v) is 9.71. The molecule has 4 heteroatoms. The molecule has 0 N–H and O–H groups in total. The maximum absolute atomic E-state index is 3.89. The minimum atomic E-state index is 0. The Morgan fingerprint density at radius 3 is 0.792 bits per heavy atom. The first-order valence-electron chi connectivity index (χ1n) is 9.71. The molecule has 0 aromatic carbocycles. The summed E-state index contributed by atoms with van der Waals surface area (Å²) in [5.74, 6) is 0. The van der Waals surface area contributed by atoms with Gasteiger partial charge >= 0.3 is 206 Å². The molecule has 0 fully saturated rings. The molecule has 0 spiro atoms. The summed E-state index contributed by atoms with van der Waals surface area (Å²) in [7, 11) is 0. The van der Waals surface area contributed by atoms with E-state index in [0.29, 0.717) is 0 Å². The van der Waals surface area contributed by atoms with E-state index in [1.165, 1.54) is 109 Å². The molecule has 0 amide bonds. The van der Waals surface area contributed by atoms with Crippen molar-refractivity contribution in [2.45, 2.75) is 122 Å². The molecule has 1 radical (unpaired) electrons. The predicted octanol–water partition coefficient (Wildman–Crippen LogP) is 5.27. The van der Waals surface area contributed by atoms with E-state index in [2.05, 4.69) is 13.8 Å². The van der Waals surface area contributed by atoms with Gasteiger partial charge in [0.25, 0.3) is 0 Å². The fourth-order valence-electron chi connectivity index (χ4n) is 2.90. The van der Waals surface area contributed by atoms with E-state index >= 15 is 0 Å². The molecule has 0 heterocycles. The van der Waals surface area contributed by atoms with Crippen LogP contribution in [0.2, 0.25) is 0 Å². The Balaban J connectivity index is -0.000000301. The molecule has 0 aromatic heterocycles. The molecular weight excluding hydrogens is 397 g/mol. The summed E-state index contributed by atoms with van der Waals surface area (Å²) < 4.78 is 0. The van der Waals surface area contributed by atoms with E-state index in [4.69, 9.17) is 0 Å². The molecule has 0 atom stereocenters. The first kappa shape index (κ1) is 40.9. The van der Waals surface area contributed by atoms with E-state index in [1.807, 2.05) is 0 Å². The Kier molecular flexibility index (Phi) is 68.0. The van der Waals surface area contributed by atoms with Gasteiger partial charge in [-0.2, -0.15) is 0 Å². The van der Waals surface area contributed by atoms with Gasteiger partial charge in [0.2, 0.25) is 0 Å². The molecule has 0 aliphatic heterocycles. The van der Waals surface area contributed by atoms with Crippen molar-refractivity contribution in [2.24, 2.45) is 0 Å². The summed E-state index contributed by atoms with van der Waals surface area (Å²) in [4.78, 5) is 0. The Labute approximate surface area is 325 Å². The van der Waals surface area contributed by atoms with Crippen molar-refractivity contribution in [2.75, 3.05) is 0 Å². The van der Waals surface area contributed by atoms with Crippen molar-refractivity contribution < 1.29 is 0 Å². The first-order chi connectivity index (χ1) is 9.91. The van der Waals surface area contributed by atoms with Gasteiger partial charge < -0.3 is 0 Å². The van der Waals surface area contributed by atoms with Crippen LogP contribution in [0.4, 0.5) is 0 Å². The molecule has 0 bridgehead atoms. The van der Waals surface area contributed by atoms with Gasteiger partial charge in [-0.3, -0.25) is 0 Å². The molecule has 0 saturated heterocycles. The Hall–Kier alpha value is 6.55. The number of rotatable bonds is 17. The molecular formula is C20H45K4. The van der Waals surface area contributed by atoms with E-state index in [9.17, 15) is 0 Å². The Bertz CT molecular complexity index is 148. The molecule has 0 nitrogen and oxygen atoms in total. The number of hydrogen-bond acceptors (Lipinski definition) is 0. The van der Waals surface area contributed by atoms with Gasteiger partial charge in [-0.25, -0.2) is 0 Å². The van der Waals surface area contributed by atoms with Crippen LogP contribution in [-0.2, 0) is 0 Å². The van der Waals surface area contributed by atoms with Crippen molar-refractivity contribution in [1.82, 2.24) is 0 Å². The van der Waals surface area contributed by atoms with Crippen molar-refractivity contribution in [3.05, 3.63) is 6.92 Å². The predicted molar refractivity (Wildman–Crippen MR) is 123 cm³/mol. The summed E-state index contributed by atoms with van der Waals surface area (Å²) in [6.07, 6.45) is 25.8. The summed E-state index contributed by atoms with van der Waals surface area (Å²) >= 11 is 0. The summed E-state index contributed by atoms with van der Waals surface area (Å²) in [6.45, 7) is 6.19. The van der Waals surface area contributed by atoms with Crippen LogP contribution in [0.15, 0.2) is 0 Å². The number of hydrogen-bond donors (Lipinski definition) is 0. The van der Waals surface area contributed by atoms with Gasteiger partial charge in [0.05, 0.1) is 0 Å². The van der Waals surface area contributed by atoms with Gasteiger partial charge in [0.15, 0.2) is 0 Å². The van der Waals surface area contributed by atoms with Gasteiger partial charge in [-0.15, -0.1) is 0 Å². The van der Waals surface area contributed by atoms with Crippen LogP contribution in [0.5, 0.6) is 0 Å². The zero-order valence-corrected chi connectivity index (χ0v) is 14.4. The molecule has 24 heavy (non-hydrogen) atoms. The zero-order chi connectivity index (χ0) is 14.7. The van der Waals surface area contributed by atoms with Crippen molar-refractivity contribution in [3.8, 4) is 0 Å². The molecule has 0 aliphatic carbocycles. The number of unbranched alkanes of at least 4 members (excludes halogenated alkanes) is 17. The van der Waals surface area contributed by atoms with Crippen LogP contribution in [-0.4, -0.2) is 206 Å². The quantitative estimate of drug-likeness (QED) is 0.213. The van der Waals surface area contributed by atoms with Crippen LogP contribution in [0.1, 0.15) is 122 Å². The van der Waals surface area contributed by atoms with Gasteiger partial charge in [0, 0.05) is 0 Å². The SMILES string of the molecule is [CH2]CCCCCCCCCCCCCCCCCCC.[KH].[KH].[KH].[KH]. The topological polar surface area (TPSA) is 0 Å². The molecule has 0 aromatic rings.